The number of imidazole rings is 1. The van der Waals surface area contributed by atoms with E-state index in [9.17, 15) is 0 Å². The van der Waals surface area contributed by atoms with Gasteiger partial charge in [0, 0.05) is 29.6 Å². The van der Waals surface area contributed by atoms with Gasteiger partial charge in [-0.05, 0) is 18.6 Å². The molecule has 1 aromatic carbocycles. The first-order chi connectivity index (χ1) is 8.34. The Labute approximate surface area is 99.8 Å². The van der Waals surface area contributed by atoms with Gasteiger partial charge in [-0.2, -0.15) is 0 Å². The zero-order valence-electron chi connectivity index (χ0n) is 9.68. The first kappa shape index (κ1) is 9.28. The lowest BCUT2D eigenvalue weighted by atomic mass is 10.0. The Hall–Kier alpha value is -1.77. The molecule has 1 N–H and O–H groups in total. The lowest BCUT2D eigenvalue weighted by molar-refractivity contribution is 0.277. The molecule has 2 aliphatic rings. The van der Waals surface area contributed by atoms with Crippen LogP contribution in [0.1, 0.15) is 28.7 Å². The Kier molecular flexibility index (Phi) is 1.71. The smallest absolute Gasteiger partial charge is 0.122 e. The summed E-state index contributed by atoms with van der Waals surface area (Å²) in [6.45, 7) is 2.97. The standard InChI is InChI=1S/C14H14N2O/c1-8-2-3-12-9(4-8)13-10(6-17-12)14(13)11-5-15-7-16-11/h2-5,7,10,13-14H,6H2,1H3,(H,15,16)/t10-,13+,14-/m0/s1. The minimum absolute atomic E-state index is 0.570. The number of benzene rings is 1. The molecule has 1 saturated carbocycles. The van der Waals surface area contributed by atoms with Crippen molar-refractivity contribution in [2.75, 3.05) is 6.61 Å². The number of ether oxygens (including phenoxy) is 1. The molecule has 0 amide bonds. The summed E-state index contributed by atoms with van der Waals surface area (Å²) in [5.74, 6) is 2.89. The van der Waals surface area contributed by atoms with Gasteiger partial charge in [0.15, 0.2) is 0 Å². The average Bonchev–Trinajstić information content (AvgIpc) is 2.83. The van der Waals surface area contributed by atoms with E-state index in [0.717, 1.165) is 12.4 Å². The zero-order chi connectivity index (χ0) is 11.4. The molecule has 0 spiro atoms. The number of hydrogen-bond acceptors (Lipinski definition) is 2. The van der Waals surface area contributed by atoms with Crippen LogP contribution < -0.4 is 4.74 Å². The van der Waals surface area contributed by atoms with E-state index >= 15 is 0 Å². The molecule has 1 aliphatic carbocycles. The molecule has 86 valence electrons. The van der Waals surface area contributed by atoms with Crippen LogP contribution in [0.15, 0.2) is 30.7 Å². The van der Waals surface area contributed by atoms with Gasteiger partial charge in [-0.15, -0.1) is 0 Å². The summed E-state index contributed by atoms with van der Waals surface area (Å²) in [5, 5.41) is 0. The van der Waals surface area contributed by atoms with Gasteiger partial charge in [0.2, 0.25) is 0 Å². The van der Waals surface area contributed by atoms with E-state index in [1.807, 2.05) is 6.20 Å². The maximum atomic E-state index is 5.83. The summed E-state index contributed by atoms with van der Waals surface area (Å²) in [5.41, 5.74) is 3.93. The van der Waals surface area contributed by atoms with Crippen LogP contribution in [0.3, 0.4) is 0 Å². The molecule has 3 nitrogen and oxygen atoms in total. The maximum Gasteiger partial charge on any atom is 0.122 e. The summed E-state index contributed by atoms with van der Waals surface area (Å²) in [6.07, 6.45) is 3.70. The third-order valence-corrected chi connectivity index (χ3v) is 4.00. The highest BCUT2D eigenvalue weighted by atomic mass is 16.5. The van der Waals surface area contributed by atoms with Crippen LogP contribution in [0, 0.1) is 12.8 Å². The number of aromatic nitrogens is 2. The second-order valence-electron chi connectivity index (χ2n) is 5.07. The molecule has 3 heteroatoms. The molecule has 1 fully saturated rings. The lowest BCUT2D eigenvalue weighted by Crippen LogP contribution is -2.08. The van der Waals surface area contributed by atoms with Crippen LogP contribution >= 0.6 is 0 Å². The van der Waals surface area contributed by atoms with Gasteiger partial charge in [0.1, 0.15) is 5.75 Å². The lowest BCUT2D eigenvalue weighted by Gasteiger charge is -2.16. The quantitative estimate of drug-likeness (QED) is 0.811. The fourth-order valence-corrected chi connectivity index (χ4v) is 3.12. The molecule has 2 aromatic rings. The third-order valence-electron chi connectivity index (χ3n) is 4.00. The van der Waals surface area contributed by atoms with E-state index in [-0.39, 0.29) is 0 Å². The van der Waals surface area contributed by atoms with Crippen LogP contribution in [0.25, 0.3) is 0 Å². The Morgan fingerprint density at radius 1 is 1.35 bits per heavy atom. The van der Waals surface area contributed by atoms with Crippen molar-refractivity contribution in [3.05, 3.63) is 47.5 Å². The van der Waals surface area contributed by atoms with Gasteiger partial charge in [0.25, 0.3) is 0 Å². The summed E-state index contributed by atoms with van der Waals surface area (Å²) in [6, 6.07) is 6.48. The van der Waals surface area contributed by atoms with Crippen molar-refractivity contribution >= 4 is 0 Å². The largest absolute Gasteiger partial charge is 0.493 e. The van der Waals surface area contributed by atoms with Gasteiger partial charge in [-0.1, -0.05) is 17.7 Å². The second kappa shape index (κ2) is 3.13. The molecule has 1 aliphatic heterocycles. The highest BCUT2D eigenvalue weighted by Gasteiger charge is 2.55. The Bertz CT molecular complexity index is 562. The van der Waals surface area contributed by atoms with Crippen molar-refractivity contribution in [3.63, 3.8) is 0 Å². The van der Waals surface area contributed by atoms with Crippen molar-refractivity contribution in [3.8, 4) is 5.75 Å². The maximum absolute atomic E-state index is 5.83. The highest BCUT2D eigenvalue weighted by Crippen LogP contribution is 2.63. The summed E-state index contributed by atoms with van der Waals surface area (Å²) < 4.78 is 5.83. The summed E-state index contributed by atoms with van der Waals surface area (Å²) >= 11 is 0. The SMILES string of the molecule is Cc1ccc2c(c1)[C@@H]1[C@H](CO2)[C@H]1c1cnc[nH]1. The van der Waals surface area contributed by atoms with E-state index in [4.69, 9.17) is 4.74 Å². The number of aromatic amines is 1. The predicted molar refractivity (Wildman–Crippen MR) is 64.2 cm³/mol. The first-order valence-electron chi connectivity index (χ1n) is 6.06. The number of fused-ring (bicyclic) bond motifs is 3. The van der Waals surface area contributed by atoms with Gasteiger partial charge < -0.3 is 9.72 Å². The Morgan fingerprint density at radius 2 is 2.29 bits per heavy atom. The summed E-state index contributed by atoms with van der Waals surface area (Å²) in [7, 11) is 0. The Morgan fingerprint density at radius 3 is 3.12 bits per heavy atom. The van der Waals surface area contributed by atoms with Crippen molar-refractivity contribution in [2.24, 2.45) is 5.92 Å². The topological polar surface area (TPSA) is 37.9 Å². The van der Waals surface area contributed by atoms with E-state index in [1.54, 1.807) is 6.33 Å². The van der Waals surface area contributed by atoms with Crippen LogP contribution in [-0.2, 0) is 0 Å². The minimum Gasteiger partial charge on any atom is -0.493 e. The molecular formula is C14H14N2O. The number of hydrogen-bond donors (Lipinski definition) is 1. The number of aryl methyl sites for hydroxylation is 1. The number of nitrogens with one attached hydrogen (secondary N) is 1. The monoisotopic (exact) mass is 226 g/mol. The van der Waals surface area contributed by atoms with Crippen molar-refractivity contribution in [1.82, 2.24) is 9.97 Å². The van der Waals surface area contributed by atoms with Crippen LogP contribution in [-0.4, -0.2) is 16.6 Å². The molecule has 0 unspecified atom stereocenters. The van der Waals surface area contributed by atoms with Crippen LogP contribution in [0.4, 0.5) is 0 Å². The molecular weight excluding hydrogens is 212 g/mol. The van der Waals surface area contributed by atoms with Crippen molar-refractivity contribution in [1.29, 1.82) is 0 Å². The number of nitrogens with zero attached hydrogens (tertiary/aromatic N) is 1. The van der Waals surface area contributed by atoms with Gasteiger partial charge in [0.05, 0.1) is 12.9 Å². The Balaban J connectivity index is 1.76. The fourth-order valence-electron chi connectivity index (χ4n) is 3.12. The predicted octanol–water partition coefficient (Wildman–Crippen LogP) is 2.61. The molecule has 4 rings (SSSR count). The van der Waals surface area contributed by atoms with Crippen molar-refractivity contribution < 1.29 is 4.74 Å². The van der Waals surface area contributed by atoms with Crippen molar-refractivity contribution in [2.45, 2.75) is 18.8 Å². The van der Waals surface area contributed by atoms with E-state index in [0.29, 0.717) is 17.8 Å². The van der Waals surface area contributed by atoms with E-state index in [2.05, 4.69) is 35.1 Å². The molecule has 17 heavy (non-hydrogen) atoms. The average molecular weight is 226 g/mol. The van der Waals surface area contributed by atoms with Gasteiger partial charge >= 0.3 is 0 Å². The van der Waals surface area contributed by atoms with E-state index < -0.39 is 0 Å². The molecule has 1 aromatic heterocycles. The first-order valence-corrected chi connectivity index (χ1v) is 6.06. The molecule has 3 atom stereocenters. The van der Waals surface area contributed by atoms with Crippen LogP contribution in [0.5, 0.6) is 5.75 Å². The van der Waals surface area contributed by atoms with Gasteiger partial charge in [-0.3, -0.25) is 0 Å². The number of rotatable bonds is 1. The zero-order valence-corrected chi connectivity index (χ0v) is 9.68. The minimum atomic E-state index is 0.570. The van der Waals surface area contributed by atoms with E-state index in [1.165, 1.54) is 16.8 Å². The second-order valence-corrected chi connectivity index (χ2v) is 5.07. The molecule has 2 heterocycles. The summed E-state index contributed by atoms with van der Waals surface area (Å²) in [4.78, 5) is 7.35. The highest BCUT2D eigenvalue weighted by molar-refractivity contribution is 5.48. The van der Waals surface area contributed by atoms with Gasteiger partial charge in [-0.25, -0.2) is 4.98 Å². The normalized spacial score (nSPS) is 29.1. The third kappa shape index (κ3) is 1.25. The van der Waals surface area contributed by atoms with Crippen LogP contribution in [0.2, 0.25) is 0 Å². The molecule has 0 saturated heterocycles. The number of H-pyrrole nitrogens is 1. The molecule has 0 bridgehead atoms. The molecule has 0 radical (unpaired) electrons. The fraction of sp³-hybridized carbons (Fsp3) is 0.357.